The SMILES string of the molecule is O=C(NC[C@@H]1COC2(CCCCC2)O1)[C@H]1CC(=O)N(c2ccc(F)cc2)C1. The van der Waals surface area contributed by atoms with Gasteiger partial charge in [0.2, 0.25) is 11.8 Å². The molecule has 2 atom stereocenters. The molecule has 0 aromatic heterocycles. The van der Waals surface area contributed by atoms with E-state index in [2.05, 4.69) is 5.32 Å². The smallest absolute Gasteiger partial charge is 0.227 e. The number of halogens is 1. The van der Waals surface area contributed by atoms with Crippen molar-refractivity contribution in [3.05, 3.63) is 30.1 Å². The summed E-state index contributed by atoms with van der Waals surface area (Å²) in [5.74, 6) is -1.48. The lowest BCUT2D eigenvalue weighted by Crippen LogP contribution is -2.39. The van der Waals surface area contributed by atoms with Crippen LogP contribution in [0.4, 0.5) is 10.1 Å². The summed E-state index contributed by atoms with van der Waals surface area (Å²) in [6.07, 6.45) is 5.30. The van der Waals surface area contributed by atoms with E-state index < -0.39 is 11.7 Å². The molecular formula is C20H25FN2O4. The molecule has 1 N–H and O–H groups in total. The van der Waals surface area contributed by atoms with E-state index >= 15 is 0 Å². The first-order valence-corrected chi connectivity index (χ1v) is 9.70. The van der Waals surface area contributed by atoms with Crippen molar-refractivity contribution in [3.8, 4) is 0 Å². The van der Waals surface area contributed by atoms with Gasteiger partial charge in [0.1, 0.15) is 11.9 Å². The van der Waals surface area contributed by atoms with Crippen LogP contribution in [-0.2, 0) is 19.1 Å². The molecule has 6 nitrogen and oxygen atoms in total. The van der Waals surface area contributed by atoms with Crippen LogP contribution in [0.5, 0.6) is 0 Å². The van der Waals surface area contributed by atoms with Crippen molar-refractivity contribution in [1.82, 2.24) is 5.32 Å². The van der Waals surface area contributed by atoms with E-state index in [1.807, 2.05) is 0 Å². The zero-order valence-corrected chi connectivity index (χ0v) is 15.3. The highest BCUT2D eigenvalue weighted by molar-refractivity contribution is 6.00. The molecule has 3 aliphatic rings. The molecule has 1 aliphatic carbocycles. The average molecular weight is 376 g/mol. The van der Waals surface area contributed by atoms with Gasteiger partial charge in [-0.3, -0.25) is 9.59 Å². The van der Waals surface area contributed by atoms with Gasteiger partial charge in [-0.25, -0.2) is 4.39 Å². The van der Waals surface area contributed by atoms with Crippen molar-refractivity contribution in [2.24, 2.45) is 5.92 Å². The molecule has 2 amide bonds. The molecule has 0 radical (unpaired) electrons. The molecule has 27 heavy (non-hydrogen) atoms. The standard InChI is InChI=1S/C20H25FN2O4/c21-15-4-6-16(7-5-15)23-12-14(10-18(23)24)19(25)22-11-17-13-26-20(27-17)8-2-1-3-9-20/h4-7,14,17H,1-3,8-13H2,(H,22,25)/t14-,17+/m0/s1. The maximum atomic E-state index is 13.1. The summed E-state index contributed by atoms with van der Waals surface area (Å²) in [5, 5.41) is 2.91. The Labute approximate surface area is 158 Å². The first kappa shape index (κ1) is 18.4. The molecular weight excluding hydrogens is 351 g/mol. The third-order valence-corrected chi connectivity index (χ3v) is 5.67. The fraction of sp³-hybridized carbons (Fsp3) is 0.600. The lowest BCUT2D eigenvalue weighted by molar-refractivity contribution is -0.186. The molecule has 0 bridgehead atoms. The number of carbonyl (C=O) groups excluding carboxylic acids is 2. The number of hydrogen-bond acceptors (Lipinski definition) is 4. The van der Waals surface area contributed by atoms with E-state index in [-0.39, 0.29) is 30.2 Å². The Morgan fingerprint density at radius 2 is 1.96 bits per heavy atom. The van der Waals surface area contributed by atoms with Crippen molar-refractivity contribution in [2.45, 2.75) is 50.4 Å². The van der Waals surface area contributed by atoms with Gasteiger partial charge >= 0.3 is 0 Å². The minimum atomic E-state index is -0.448. The van der Waals surface area contributed by atoms with E-state index in [0.29, 0.717) is 25.4 Å². The van der Waals surface area contributed by atoms with Crippen LogP contribution in [0.3, 0.4) is 0 Å². The first-order chi connectivity index (χ1) is 13.0. The first-order valence-electron chi connectivity index (χ1n) is 9.70. The van der Waals surface area contributed by atoms with Crippen LogP contribution >= 0.6 is 0 Å². The number of hydrogen-bond donors (Lipinski definition) is 1. The molecule has 4 rings (SSSR count). The van der Waals surface area contributed by atoms with Gasteiger partial charge in [-0.15, -0.1) is 0 Å². The van der Waals surface area contributed by atoms with Gasteiger partial charge < -0.3 is 19.7 Å². The molecule has 1 spiro atoms. The summed E-state index contributed by atoms with van der Waals surface area (Å²) in [7, 11) is 0. The van der Waals surface area contributed by atoms with Gasteiger partial charge in [0.25, 0.3) is 0 Å². The zero-order chi connectivity index (χ0) is 18.9. The summed E-state index contributed by atoms with van der Waals surface area (Å²) >= 11 is 0. The Bertz CT molecular complexity index is 702. The number of benzene rings is 1. The summed E-state index contributed by atoms with van der Waals surface area (Å²) in [4.78, 5) is 26.3. The second-order valence-corrected chi connectivity index (χ2v) is 7.65. The fourth-order valence-electron chi connectivity index (χ4n) is 4.18. The molecule has 3 fully saturated rings. The van der Waals surface area contributed by atoms with Crippen LogP contribution in [0.25, 0.3) is 0 Å². The van der Waals surface area contributed by atoms with Gasteiger partial charge in [0, 0.05) is 38.0 Å². The summed E-state index contributed by atoms with van der Waals surface area (Å²) in [6.45, 7) is 1.19. The molecule has 1 aromatic carbocycles. The number of nitrogens with zero attached hydrogens (tertiary/aromatic N) is 1. The van der Waals surface area contributed by atoms with Crippen molar-refractivity contribution < 1.29 is 23.5 Å². The number of rotatable bonds is 4. The lowest BCUT2D eigenvalue weighted by atomic mass is 9.94. The molecule has 146 valence electrons. The maximum Gasteiger partial charge on any atom is 0.227 e. The Kier molecular flexibility index (Phi) is 5.14. The van der Waals surface area contributed by atoms with Gasteiger partial charge in [0.15, 0.2) is 5.79 Å². The third-order valence-electron chi connectivity index (χ3n) is 5.67. The molecule has 0 unspecified atom stereocenters. The highest BCUT2D eigenvalue weighted by atomic mass is 19.1. The van der Waals surface area contributed by atoms with E-state index in [9.17, 15) is 14.0 Å². The molecule has 2 heterocycles. The quantitative estimate of drug-likeness (QED) is 0.876. The third kappa shape index (κ3) is 3.99. The highest BCUT2D eigenvalue weighted by Crippen LogP contribution is 2.37. The van der Waals surface area contributed by atoms with E-state index in [1.165, 1.54) is 23.5 Å². The highest BCUT2D eigenvalue weighted by Gasteiger charge is 2.42. The maximum absolute atomic E-state index is 13.1. The lowest BCUT2D eigenvalue weighted by Gasteiger charge is -2.31. The Hall–Kier alpha value is -1.99. The van der Waals surface area contributed by atoms with E-state index in [4.69, 9.17) is 9.47 Å². The minimum absolute atomic E-state index is 0.122. The minimum Gasteiger partial charge on any atom is -0.353 e. The fourth-order valence-corrected chi connectivity index (χ4v) is 4.18. The number of ether oxygens (including phenoxy) is 2. The Balaban J connectivity index is 1.28. The van der Waals surface area contributed by atoms with Crippen molar-refractivity contribution >= 4 is 17.5 Å². The Morgan fingerprint density at radius 3 is 2.70 bits per heavy atom. The van der Waals surface area contributed by atoms with Gasteiger partial charge in [-0.2, -0.15) is 0 Å². The number of nitrogens with one attached hydrogen (secondary N) is 1. The van der Waals surface area contributed by atoms with E-state index in [1.54, 1.807) is 12.1 Å². The monoisotopic (exact) mass is 376 g/mol. The van der Waals surface area contributed by atoms with Crippen molar-refractivity contribution in [1.29, 1.82) is 0 Å². The topological polar surface area (TPSA) is 67.9 Å². The van der Waals surface area contributed by atoms with Crippen LogP contribution in [0.2, 0.25) is 0 Å². The summed E-state index contributed by atoms with van der Waals surface area (Å²) in [5.41, 5.74) is 0.614. The zero-order valence-electron chi connectivity index (χ0n) is 15.3. The largest absolute Gasteiger partial charge is 0.353 e. The molecule has 1 aromatic rings. The number of amides is 2. The van der Waals surface area contributed by atoms with Crippen LogP contribution in [0, 0.1) is 11.7 Å². The Morgan fingerprint density at radius 1 is 1.22 bits per heavy atom. The van der Waals surface area contributed by atoms with Gasteiger partial charge in [0.05, 0.1) is 12.5 Å². The molecule has 7 heteroatoms. The van der Waals surface area contributed by atoms with Crippen molar-refractivity contribution in [2.75, 3.05) is 24.6 Å². The van der Waals surface area contributed by atoms with Crippen LogP contribution < -0.4 is 10.2 Å². The van der Waals surface area contributed by atoms with Crippen molar-refractivity contribution in [3.63, 3.8) is 0 Å². The summed E-state index contributed by atoms with van der Waals surface area (Å²) < 4.78 is 25.0. The van der Waals surface area contributed by atoms with Crippen LogP contribution in [0.15, 0.2) is 24.3 Å². The molecule has 1 saturated carbocycles. The predicted octanol–water partition coefficient (Wildman–Crippen LogP) is 2.37. The molecule has 2 saturated heterocycles. The number of anilines is 1. The normalized spacial score (nSPS) is 27.3. The average Bonchev–Trinajstić information content (AvgIpc) is 3.25. The summed E-state index contributed by atoms with van der Waals surface area (Å²) in [6, 6.07) is 5.74. The predicted molar refractivity (Wildman–Crippen MR) is 96.5 cm³/mol. The van der Waals surface area contributed by atoms with Gasteiger partial charge in [-0.05, 0) is 37.1 Å². The number of carbonyl (C=O) groups is 2. The second-order valence-electron chi connectivity index (χ2n) is 7.65. The van der Waals surface area contributed by atoms with Crippen LogP contribution in [-0.4, -0.2) is 43.4 Å². The second kappa shape index (κ2) is 7.56. The molecule has 2 aliphatic heterocycles. The van der Waals surface area contributed by atoms with Crippen LogP contribution in [0.1, 0.15) is 38.5 Å². The van der Waals surface area contributed by atoms with Gasteiger partial charge in [-0.1, -0.05) is 6.42 Å². The van der Waals surface area contributed by atoms with E-state index in [0.717, 1.165) is 25.7 Å².